The van der Waals surface area contributed by atoms with Crippen LogP contribution in [0.1, 0.15) is 38.2 Å². The Morgan fingerprint density at radius 2 is 2.20 bits per heavy atom. The summed E-state index contributed by atoms with van der Waals surface area (Å²) in [7, 11) is 0. The van der Waals surface area contributed by atoms with Gasteiger partial charge in [-0.15, -0.1) is 0 Å². The van der Waals surface area contributed by atoms with Crippen molar-refractivity contribution in [3.05, 3.63) is 23.9 Å². The van der Waals surface area contributed by atoms with Crippen LogP contribution in [0.3, 0.4) is 0 Å². The molecule has 3 nitrogen and oxygen atoms in total. The van der Waals surface area contributed by atoms with E-state index in [0.717, 1.165) is 18.7 Å². The van der Waals surface area contributed by atoms with Gasteiger partial charge in [0.1, 0.15) is 6.10 Å². The van der Waals surface area contributed by atoms with Gasteiger partial charge in [0.25, 0.3) is 0 Å². The van der Waals surface area contributed by atoms with Crippen LogP contribution < -0.4 is 10.5 Å². The quantitative estimate of drug-likeness (QED) is 0.823. The van der Waals surface area contributed by atoms with Crippen LogP contribution >= 0.6 is 0 Å². The molecule has 2 rings (SSSR count). The molecule has 0 aromatic carbocycles. The molecule has 1 aliphatic carbocycles. The third-order valence-electron chi connectivity index (χ3n) is 2.84. The summed E-state index contributed by atoms with van der Waals surface area (Å²) >= 11 is 0. The van der Waals surface area contributed by atoms with Crippen LogP contribution in [0, 0.1) is 0 Å². The van der Waals surface area contributed by atoms with E-state index in [0.29, 0.717) is 12.0 Å². The van der Waals surface area contributed by atoms with E-state index in [9.17, 15) is 0 Å². The summed E-state index contributed by atoms with van der Waals surface area (Å²) in [5.41, 5.74) is 6.97. The van der Waals surface area contributed by atoms with Crippen molar-refractivity contribution >= 4 is 0 Å². The Morgan fingerprint density at radius 1 is 1.47 bits per heavy atom. The zero-order valence-corrected chi connectivity index (χ0v) is 9.31. The minimum absolute atomic E-state index is 0.273. The van der Waals surface area contributed by atoms with Crippen molar-refractivity contribution in [3.63, 3.8) is 0 Å². The summed E-state index contributed by atoms with van der Waals surface area (Å²) in [4.78, 5) is 4.21. The molecule has 1 saturated carbocycles. The van der Waals surface area contributed by atoms with Gasteiger partial charge in [-0.2, -0.15) is 0 Å². The second kappa shape index (κ2) is 4.19. The van der Waals surface area contributed by atoms with E-state index >= 15 is 0 Å². The zero-order valence-electron chi connectivity index (χ0n) is 9.31. The zero-order chi connectivity index (χ0) is 10.8. The summed E-state index contributed by atoms with van der Waals surface area (Å²) in [6, 6.07) is 4.38. The van der Waals surface area contributed by atoms with Gasteiger partial charge in [-0.3, -0.25) is 0 Å². The number of aromatic nitrogens is 1. The van der Waals surface area contributed by atoms with Crippen molar-refractivity contribution in [2.75, 3.05) is 0 Å². The second-order valence-corrected chi connectivity index (χ2v) is 4.55. The summed E-state index contributed by atoms with van der Waals surface area (Å²) in [6.45, 7) is 4.33. The van der Waals surface area contributed by atoms with E-state index in [1.807, 2.05) is 18.3 Å². The molecule has 1 aromatic heterocycles. The Hall–Kier alpha value is -1.09. The number of hydrogen-bond acceptors (Lipinski definition) is 3. The Bertz CT molecular complexity index is 332. The first-order valence-electron chi connectivity index (χ1n) is 5.53. The fourth-order valence-electron chi connectivity index (χ4n) is 1.72. The number of rotatable bonds is 3. The third-order valence-corrected chi connectivity index (χ3v) is 2.84. The van der Waals surface area contributed by atoms with Crippen LogP contribution in [0.15, 0.2) is 18.3 Å². The van der Waals surface area contributed by atoms with Crippen molar-refractivity contribution in [1.82, 2.24) is 4.98 Å². The van der Waals surface area contributed by atoms with E-state index in [4.69, 9.17) is 10.5 Å². The standard InChI is InChI=1S/C12H18N2O/c1-8(2)9-3-4-14-12(5-9)15-11-6-10(13)7-11/h3-5,8,10-11H,6-7,13H2,1-2H3. The minimum atomic E-state index is 0.273. The van der Waals surface area contributed by atoms with Gasteiger partial charge in [-0.25, -0.2) is 4.98 Å². The lowest BCUT2D eigenvalue weighted by molar-refractivity contribution is 0.0957. The van der Waals surface area contributed by atoms with Crippen molar-refractivity contribution in [1.29, 1.82) is 0 Å². The lowest BCUT2D eigenvalue weighted by Gasteiger charge is -2.32. The molecule has 0 aliphatic heterocycles. The van der Waals surface area contributed by atoms with Gasteiger partial charge in [0.2, 0.25) is 5.88 Å². The second-order valence-electron chi connectivity index (χ2n) is 4.55. The Labute approximate surface area is 90.7 Å². The number of nitrogens with two attached hydrogens (primary N) is 1. The highest BCUT2D eigenvalue weighted by Gasteiger charge is 2.27. The van der Waals surface area contributed by atoms with Gasteiger partial charge in [0, 0.05) is 18.3 Å². The SMILES string of the molecule is CC(C)c1ccnc(OC2CC(N)C2)c1. The first-order valence-corrected chi connectivity index (χ1v) is 5.53. The first kappa shape index (κ1) is 10.4. The first-order chi connectivity index (χ1) is 7.15. The summed E-state index contributed by atoms with van der Waals surface area (Å²) in [6.07, 6.45) is 3.99. The molecule has 0 amide bonds. The highest BCUT2D eigenvalue weighted by atomic mass is 16.5. The van der Waals surface area contributed by atoms with Gasteiger partial charge >= 0.3 is 0 Å². The van der Waals surface area contributed by atoms with Crippen molar-refractivity contribution in [2.45, 2.75) is 44.8 Å². The molecule has 0 unspecified atom stereocenters. The number of hydrogen-bond donors (Lipinski definition) is 1. The smallest absolute Gasteiger partial charge is 0.213 e. The van der Waals surface area contributed by atoms with E-state index in [1.54, 1.807) is 0 Å². The predicted molar refractivity (Wildman–Crippen MR) is 60.0 cm³/mol. The van der Waals surface area contributed by atoms with Crippen molar-refractivity contribution in [3.8, 4) is 5.88 Å². The van der Waals surface area contributed by atoms with Crippen molar-refractivity contribution in [2.24, 2.45) is 5.73 Å². The molecule has 0 radical (unpaired) electrons. The topological polar surface area (TPSA) is 48.1 Å². The van der Waals surface area contributed by atoms with Crippen LogP contribution in [-0.2, 0) is 0 Å². The molecule has 15 heavy (non-hydrogen) atoms. The third kappa shape index (κ3) is 2.48. The summed E-state index contributed by atoms with van der Waals surface area (Å²) < 4.78 is 5.72. The number of pyridine rings is 1. The lowest BCUT2D eigenvalue weighted by atomic mass is 9.90. The fourth-order valence-corrected chi connectivity index (χ4v) is 1.72. The molecule has 1 heterocycles. The van der Waals surface area contributed by atoms with Crippen molar-refractivity contribution < 1.29 is 4.74 Å². The maximum atomic E-state index is 5.72. The highest BCUT2D eigenvalue weighted by Crippen LogP contribution is 2.25. The van der Waals surface area contributed by atoms with Crippen LogP contribution in [0.5, 0.6) is 5.88 Å². The normalized spacial score (nSPS) is 25.1. The highest BCUT2D eigenvalue weighted by molar-refractivity contribution is 5.23. The minimum Gasteiger partial charge on any atom is -0.474 e. The fraction of sp³-hybridized carbons (Fsp3) is 0.583. The molecule has 2 N–H and O–H groups in total. The average Bonchev–Trinajstić information content (AvgIpc) is 2.16. The summed E-state index contributed by atoms with van der Waals surface area (Å²) in [5, 5.41) is 0. The Kier molecular flexibility index (Phi) is 2.91. The molecule has 1 aliphatic rings. The van der Waals surface area contributed by atoms with Gasteiger partial charge < -0.3 is 10.5 Å². The number of nitrogens with zero attached hydrogens (tertiary/aromatic N) is 1. The van der Waals surface area contributed by atoms with E-state index in [-0.39, 0.29) is 6.10 Å². The average molecular weight is 206 g/mol. The van der Waals surface area contributed by atoms with Crippen LogP contribution in [0.25, 0.3) is 0 Å². The lowest BCUT2D eigenvalue weighted by Crippen LogP contribution is -2.43. The molecule has 0 saturated heterocycles. The molecule has 0 bridgehead atoms. The van der Waals surface area contributed by atoms with E-state index in [1.165, 1.54) is 5.56 Å². The van der Waals surface area contributed by atoms with Crippen LogP contribution in [-0.4, -0.2) is 17.1 Å². The van der Waals surface area contributed by atoms with Gasteiger partial charge in [-0.05, 0) is 30.4 Å². The van der Waals surface area contributed by atoms with E-state index < -0.39 is 0 Å². The van der Waals surface area contributed by atoms with Gasteiger partial charge in [0.15, 0.2) is 0 Å². The molecule has 0 atom stereocenters. The number of ether oxygens (including phenoxy) is 1. The molecule has 0 spiro atoms. The maximum absolute atomic E-state index is 5.72. The molecule has 1 fully saturated rings. The predicted octanol–water partition coefficient (Wildman–Crippen LogP) is 2.07. The molecule has 1 aromatic rings. The Balaban J connectivity index is 1.99. The summed E-state index contributed by atoms with van der Waals surface area (Å²) in [5.74, 6) is 1.25. The van der Waals surface area contributed by atoms with Crippen LogP contribution in [0.2, 0.25) is 0 Å². The molecular formula is C12H18N2O. The molecular weight excluding hydrogens is 188 g/mol. The monoisotopic (exact) mass is 206 g/mol. The maximum Gasteiger partial charge on any atom is 0.213 e. The molecule has 3 heteroatoms. The molecule has 82 valence electrons. The van der Waals surface area contributed by atoms with E-state index in [2.05, 4.69) is 18.8 Å². The van der Waals surface area contributed by atoms with Crippen LogP contribution in [0.4, 0.5) is 0 Å². The van der Waals surface area contributed by atoms with Gasteiger partial charge in [0.05, 0.1) is 0 Å². The van der Waals surface area contributed by atoms with Gasteiger partial charge in [-0.1, -0.05) is 13.8 Å². The Morgan fingerprint density at radius 3 is 2.80 bits per heavy atom. The largest absolute Gasteiger partial charge is 0.474 e.